The summed E-state index contributed by atoms with van der Waals surface area (Å²) < 4.78 is 50.5. The summed E-state index contributed by atoms with van der Waals surface area (Å²) in [5, 5.41) is 0. The minimum absolute atomic E-state index is 0.347. The number of anilines is 1. The molecular weight excluding hydrogens is 210 g/mol. The molecule has 2 N–H and O–H groups in total. The van der Waals surface area contributed by atoms with Crippen molar-refractivity contribution in [1.29, 1.82) is 0 Å². The van der Waals surface area contributed by atoms with Gasteiger partial charge in [0, 0.05) is 0 Å². The maximum absolute atomic E-state index is 13.3. The van der Waals surface area contributed by atoms with Crippen LogP contribution in [-0.4, -0.2) is 0 Å². The molecule has 5 heteroatoms. The number of nitrogen functional groups attached to an aromatic ring is 1. The normalized spacial score (nSPS) is 10.7. The van der Waals surface area contributed by atoms with Crippen LogP contribution in [0.5, 0.6) is 0 Å². The quantitative estimate of drug-likeness (QED) is 0.403. The molecule has 0 saturated carbocycles. The van der Waals surface area contributed by atoms with Crippen molar-refractivity contribution in [1.82, 2.24) is 0 Å². The minimum Gasteiger partial charge on any atom is -0.396 e. The minimum atomic E-state index is -4.63. The van der Waals surface area contributed by atoms with Crippen molar-refractivity contribution in [2.45, 2.75) is 13.1 Å². The molecule has 0 unspecified atom stereocenters. The Kier molecular flexibility index (Phi) is 2.89. The largest absolute Gasteiger partial charge is 0.417 e. The van der Waals surface area contributed by atoms with E-state index in [9.17, 15) is 17.6 Å². The second kappa shape index (κ2) is 3.81. The van der Waals surface area contributed by atoms with Crippen LogP contribution in [0.1, 0.15) is 18.1 Å². The molecule has 0 spiro atoms. The Morgan fingerprint density at radius 3 is 2.33 bits per heavy atom. The monoisotopic (exact) mass is 217 g/mol. The van der Waals surface area contributed by atoms with E-state index < -0.39 is 23.1 Å². The van der Waals surface area contributed by atoms with E-state index in [1.54, 1.807) is 0 Å². The molecule has 0 radical (unpaired) electrons. The molecule has 0 bridgehead atoms. The van der Waals surface area contributed by atoms with E-state index in [4.69, 9.17) is 5.73 Å². The lowest BCUT2D eigenvalue weighted by molar-refractivity contribution is -0.137. The smallest absolute Gasteiger partial charge is 0.396 e. The lowest BCUT2D eigenvalue weighted by Crippen LogP contribution is -2.10. The Morgan fingerprint density at radius 1 is 1.27 bits per heavy atom. The highest BCUT2D eigenvalue weighted by Crippen LogP contribution is 2.34. The maximum Gasteiger partial charge on any atom is 0.417 e. The van der Waals surface area contributed by atoms with Gasteiger partial charge in [0.05, 0.1) is 16.8 Å². The Hall–Kier alpha value is -1.70. The molecule has 0 aliphatic carbocycles. The maximum atomic E-state index is 13.3. The Bertz CT molecular complexity index is 437. The molecule has 15 heavy (non-hydrogen) atoms. The summed E-state index contributed by atoms with van der Waals surface area (Å²) in [5.74, 6) is 3.16. The predicted octanol–water partition coefficient (Wildman–Crippen LogP) is 2.80. The first-order chi connectivity index (χ1) is 6.88. The van der Waals surface area contributed by atoms with Crippen LogP contribution in [0.2, 0.25) is 0 Å². The van der Waals surface area contributed by atoms with Crippen molar-refractivity contribution in [3.05, 3.63) is 29.1 Å². The van der Waals surface area contributed by atoms with Crippen LogP contribution < -0.4 is 5.73 Å². The molecule has 0 aliphatic heterocycles. The van der Waals surface area contributed by atoms with E-state index in [2.05, 4.69) is 11.8 Å². The zero-order valence-electron chi connectivity index (χ0n) is 7.74. The Labute approximate surface area is 83.9 Å². The average molecular weight is 217 g/mol. The zero-order chi connectivity index (χ0) is 11.6. The van der Waals surface area contributed by atoms with Crippen LogP contribution >= 0.6 is 0 Å². The molecule has 0 saturated heterocycles. The first-order valence-electron chi connectivity index (χ1n) is 3.96. The van der Waals surface area contributed by atoms with Gasteiger partial charge in [-0.3, -0.25) is 0 Å². The van der Waals surface area contributed by atoms with Gasteiger partial charge < -0.3 is 5.73 Å². The van der Waals surface area contributed by atoms with Crippen molar-refractivity contribution >= 4 is 5.69 Å². The van der Waals surface area contributed by atoms with E-state index in [1.807, 2.05) is 0 Å². The fourth-order valence-electron chi connectivity index (χ4n) is 1.08. The molecule has 80 valence electrons. The van der Waals surface area contributed by atoms with Crippen LogP contribution in [0.25, 0.3) is 0 Å². The average Bonchev–Trinajstić information content (AvgIpc) is 2.11. The highest BCUT2D eigenvalue weighted by atomic mass is 19.4. The summed E-state index contributed by atoms with van der Waals surface area (Å²) in [6.07, 6.45) is -4.63. The van der Waals surface area contributed by atoms with E-state index in [0.29, 0.717) is 0 Å². The van der Waals surface area contributed by atoms with Crippen LogP contribution in [0.15, 0.2) is 12.1 Å². The van der Waals surface area contributed by atoms with Crippen LogP contribution in [-0.2, 0) is 6.18 Å². The third-order valence-electron chi connectivity index (χ3n) is 1.73. The third kappa shape index (κ3) is 2.21. The van der Waals surface area contributed by atoms with Gasteiger partial charge in [0.2, 0.25) is 0 Å². The number of hydrogen-bond acceptors (Lipinski definition) is 1. The highest BCUT2D eigenvalue weighted by molar-refractivity contribution is 5.54. The lowest BCUT2D eigenvalue weighted by Gasteiger charge is -2.10. The molecule has 1 aromatic carbocycles. The summed E-state index contributed by atoms with van der Waals surface area (Å²) in [5.41, 5.74) is 2.99. The van der Waals surface area contributed by atoms with Gasteiger partial charge in [-0.2, -0.15) is 13.2 Å². The van der Waals surface area contributed by atoms with E-state index in [-0.39, 0.29) is 5.69 Å². The van der Waals surface area contributed by atoms with Crippen molar-refractivity contribution < 1.29 is 17.6 Å². The fourth-order valence-corrected chi connectivity index (χ4v) is 1.08. The molecule has 0 fully saturated rings. The first kappa shape index (κ1) is 11.4. The molecule has 1 aromatic rings. The van der Waals surface area contributed by atoms with Crippen molar-refractivity contribution in [3.63, 3.8) is 0 Å². The second-order valence-electron chi connectivity index (χ2n) is 2.76. The van der Waals surface area contributed by atoms with E-state index in [0.717, 1.165) is 12.1 Å². The van der Waals surface area contributed by atoms with Gasteiger partial charge in [0.1, 0.15) is 0 Å². The molecule has 0 amide bonds. The highest BCUT2D eigenvalue weighted by Gasteiger charge is 2.34. The number of rotatable bonds is 0. The van der Waals surface area contributed by atoms with Crippen molar-refractivity contribution in [2.24, 2.45) is 0 Å². The summed E-state index contributed by atoms with van der Waals surface area (Å²) in [6, 6.07) is 1.59. The number of hydrogen-bond donors (Lipinski definition) is 1. The number of halogens is 4. The van der Waals surface area contributed by atoms with Gasteiger partial charge in [-0.1, -0.05) is 5.92 Å². The van der Waals surface area contributed by atoms with Crippen molar-refractivity contribution in [3.8, 4) is 11.8 Å². The summed E-state index contributed by atoms with van der Waals surface area (Å²) in [6.45, 7) is 1.32. The van der Waals surface area contributed by atoms with Crippen molar-refractivity contribution in [2.75, 3.05) is 5.73 Å². The van der Waals surface area contributed by atoms with Crippen LogP contribution in [0, 0.1) is 17.7 Å². The fraction of sp³-hybridized carbons (Fsp3) is 0.200. The predicted molar refractivity (Wildman–Crippen MR) is 48.4 cm³/mol. The Morgan fingerprint density at radius 2 is 1.87 bits per heavy atom. The van der Waals surface area contributed by atoms with Gasteiger partial charge >= 0.3 is 6.18 Å². The molecule has 0 aliphatic rings. The number of alkyl halides is 3. The second-order valence-corrected chi connectivity index (χ2v) is 2.76. The molecule has 0 atom stereocenters. The van der Waals surface area contributed by atoms with Crippen LogP contribution in [0.3, 0.4) is 0 Å². The van der Waals surface area contributed by atoms with Gasteiger partial charge in [0.25, 0.3) is 0 Å². The summed E-state index contributed by atoms with van der Waals surface area (Å²) in [7, 11) is 0. The van der Waals surface area contributed by atoms with Gasteiger partial charge in [-0.15, -0.1) is 5.92 Å². The first-order valence-corrected chi connectivity index (χ1v) is 3.96. The molecular formula is C10H7F4N. The third-order valence-corrected chi connectivity index (χ3v) is 1.73. The topological polar surface area (TPSA) is 26.0 Å². The summed E-state index contributed by atoms with van der Waals surface area (Å²) >= 11 is 0. The van der Waals surface area contributed by atoms with Gasteiger partial charge in [0.15, 0.2) is 5.82 Å². The molecule has 1 rings (SSSR count). The van der Waals surface area contributed by atoms with Gasteiger partial charge in [-0.05, 0) is 19.1 Å². The van der Waals surface area contributed by atoms with Gasteiger partial charge in [-0.25, -0.2) is 4.39 Å². The number of benzene rings is 1. The number of nitrogens with two attached hydrogens (primary N) is 1. The molecule has 0 heterocycles. The zero-order valence-corrected chi connectivity index (χ0v) is 7.74. The molecule has 0 aromatic heterocycles. The summed E-state index contributed by atoms with van der Waals surface area (Å²) in [4.78, 5) is 0. The SMILES string of the molecule is CC#Cc1c(C(F)(F)F)ccc(N)c1F. The molecule has 1 nitrogen and oxygen atoms in total. The lowest BCUT2D eigenvalue weighted by atomic mass is 10.1. The standard InChI is InChI=1S/C10H7F4N/c1-2-3-6-7(10(12,13)14)4-5-8(15)9(6)11/h4-5H,15H2,1H3. The van der Waals surface area contributed by atoms with Crippen LogP contribution in [0.4, 0.5) is 23.2 Å². The van der Waals surface area contributed by atoms with E-state index >= 15 is 0 Å². The Balaban J connectivity index is 3.52. The van der Waals surface area contributed by atoms with E-state index in [1.165, 1.54) is 6.92 Å².